The van der Waals surface area contributed by atoms with E-state index < -0.39 is 0 Å². The van der Waals surface area contributed by atoms with Gasteiger partial charge in [0.15, 0.2) is 0 Å². The van der Waals surface area contributed by atoms with Crippen molar-refractivity contribution in [1.29, 1.82) is 0 Å². The van der Waals surface area contributed by atoms with Gasteiger partial charge in [-0.1, -0.05) is 44.5 Å². The van der Waals surface area contributed by atoms with Crippen molar-refractivity contribution in [2.75, 3.05) is 13.1 Å². The SMILES string of the molecule is CCNCC(Cc1cccc(Cl)c1)CC(C)C. The highest BCUT2D eigenvalue weighted by Crippen LogP contribution is 2.19. The van der Waals surface area contributed by atoms with E-state index in [0.717, 1.165) is 30.5 Å². The minimum absolute atomic E-state index is 0.702. The number of hydrogen-bond donors (Lipinski definition) is 1. The molecule has 0 bridgehead atoms. The van der Waals surface area contributed by atoms with E-state index in [2.05, 4.69) is 38.2 Å². The maximum absolute atomic E-state index is 6.02. The van der Waals surface area contributed by atoms with Crippen LogP contribution in [0.5, 0.6) is 0 Å². The normalized spacial score (nSPS) is 13.0. The van der Waals surface area contributed by atoms with Gasteiger partial charge in [0.2, 0.25) is 0 Å². The lowest BCUT2D eigenvalue weighted by atomic mass is 9.91. The summed E-state index contributed by atoms with van der Waals surface area (Å²) < 4.78 is 0. The molecule has 1 nitrogen and oxygen atoms in total. The number of halogens is 1. The highest BCUT2D eigenvalue weighted by molar-refractivity contribution is 6.30. The van der Waals surface area contributed by atoms with Gasteiger partial charge in [-0.25, -0.2) is 0 Å². The summed E-state index contributed by atoms with van der Waals surface area (Å²) in [6.45, 7) is 8.88. The Labute approximate surface area is 111 Å². The van der Waals surface area contributed by atoms with E-state index >= 15 is 0 Å². The van der Waals surface area contributed by atoms with Gasteiger partial charge in [0.05, 0.1) is 0 Å². The monoisotopic (exact) mass is 253 g/mol. The fourth-order valence-electron chi connectivity index (χ4n) is 2.25. The van der Waals surface area contributed by atoms with Crippen molar-refractivity contribution in [2.24, 2.45) is 11.8 Å². The van der Waals surface area contributed by atoms with Crippen molar-refractivity contribution in [3.63, 3.8) is 0 Å². The summed E-state index contributed by atoms with van der Waals surface area (Å²) in [7, 11) is 0. The Bertz CT molecular complexity index is 322. The van der Waals surface area contributed by atoms with Gasteiger partial charge in [0.25, 0.3) is 0 Å². The van der Waals surface area contributed by atoms with Crippen molar-refractivity contribution in [3.05, 3.63) is 34.9 Å². The van der Waals surface area contributed by atoms with E-state index in [-0.39, 0.29) is 0 Å². The molecule has 0 fully saturated rings. The summed E-state index contributed by atoms with van der Waals surface area (Å²) in [5.41, 5.74) is 1.35. The second-order valence-electron chi connectivity index (χ2n) is 5.14. The molecule has 0 spiro atoms. The second-order valence-corrected chi connectivity index (χ2v) is 5.57. The Morgan fingerprint density at radius 1 is 1.29 bits per heavy atom. The van der Waals surface area contributed by atoms with Gasteiger partial charge in [-0.3, -0.25) is 0 Å². The Hall–Kier alpha value is -0.530. The molecule has 0 heterocycles. The molecule has 1 N–H and O–H groups in total. The second kappa shape index (κ2) is 7.73. The maximum Gasteiger partial charge on any atom is 0.0408 e. The zero-order chi connectivity index (χ0) is 12.7. The predicted octanol–water partition coefficient (Wildman–Crippen LogP) is 4.15. The Kier molecular flexibility index (Phi) is 6.61. The van der Waals surface area contributed by atoms with Crippen molar-refractivity contribution in [3.8, 4) is 0 Å². The Balaban J connectivity index is 2.58. The topological polar surface area (TPSA) is 12.0 Å². The van der Waals surface area contributed by atoms with Gasteiger partial charge in [-0.05, 0) is 55.5 Å². The van der Waals surface area contributed by atoms with Gasteiger partial charge in [0.1, 0.15) is 0 Å². The summed E-state index contributed by atoms with van der Waals surface area (Å²) in [4.78, 5) is 0. The number of benzene rings is 1. The quantitative estimate of drug-likeness (QED) is 0.770. The van der Waals surface area contributed by atoms with Crippen LogP contribution in [0.4, 0.5) is 0 Å². The highest BCUT2D eigenvalue weighted by atomic mass is 35.5. The third kappa shape index (κ3) is 6.09. The third-order valence-electron chi connectivity index (χ3n) is 2.90. The molecule has 0 aliphatic heterocycles. The average molecular weight is 254 g/mol. The van der Waals surface area contributed by atoms with Crippen LogP contribution in [0.1, 0.15) is 32.8 Å². The van der Waals surface area contributed by atoms with Crippen LogP contribution >= 0.6 is 11.6 Å². The number of hydrogen-bond acceptors (Lipinski definition) is 1. The molecule has 0 saturated carbocycles. The van der Waals surface area contributed by atoms with Crippen LogP contribution in [0.25, 0.3) is 0 Å². The minimum atomic E-state index is 0.702. The molecule has 2 heteroatoms. The summed E-state index contributed by atoms with van der Waals surface area (Å²) >= 11 is 6.02. The van der Waals surface area contributed by atoms with Crippen LogP contribution in [0, 0.1) is 11.8 Å². The molecular weight excluding hydrogens is 230 g/mol. The molecule has 0 aliphatic carbocycles. The molecule has 0 aliphatic rings. The molecule has 1 aromatic carbocycles. The Morgan fingerprint density at radius 2 is 2.06 bits per heavy atom. The first-order chi connectivity index (χ1) is 8.11. The molecule has 0 amide bonds. The first-order valence-corrected chi connectivity index (χ1v) is 6.94. The lowest BCUT2D eigenvalue weighted by Crippen LogP contribution is -2.25. The third-order valence-corrected chi connectivity index (χ3v) is 3.14. The van der Waals surface area contributed by atoms with E-state index in [9.17, 15) is 0 Å². The van der Waals surface area contributed by atoms with Crippen LogP contribution in [0.3, 0.4) is 0 Å². The fraction of sp³-hybridized carbons (Fsp3) is 0.600. The van der Waals surface area contributed by atoms with Gasteiger partial charge >= 0.3 is 0 Å². The van der Waals surface area contributed by atoms with E-state index in [0.29, 0.717) is 5.92 Å². The van der Waals surface area contributed by atoms with Crippen molar-refractivity contribution < 1.29 is 0 Å². The van der Waals surface area contributed by atoms with Crippen LogP contribution < -0.4 is 5.32 Å². The molecule has 96 valence electrons. The van der Waals surface area contributed by atoms with Gasteiger partial charge in [-0.2, -0.15) is 0 Å². The maximum atomic E-state index is 6.02. The first kappa shape index (κ1) is 14.5. The number of nitrogens with one attached hydrogen (secondary N) is 1. The van der Waals surface area contributed by atoms with E-state index in [4.69, 9.17) is 11.6 Å². The zero-order valence-corrected chi connectivity index (χ0v) is 11.9. The van der Waals surface area contributed by atoms with E-state index in [1.807, 2.05) is 12.1 Å². The smallest absolute Gasteiger partial charge is 0.0408 e. The molecule has 17 heavy (non-hydrogen) atoms. The van der Waals surface area contributed by atoms with Crippen molar-refractivity contribution in [1.82, 2.24) is 5.32 Å². The summed E-state index contributed by atoms with van der Waals surface area (Å²) in [6.07, 6.45) is 2.38. The standard InChI is InChI=1S/C15H24ClN/c1-4-17-11-14(8-12(2)3)9-13-6-5-7-15(16)10-13/h5-7,10,12,14,17H,4,8-9,11H2,1-3H3. The largest absolute Gasteiger partial charge is 0.317 e. The van der Waals surface area contributed by atoms with Crippen molar-refractivity contribution >= 4 is 11.6 Å². The molecule has 0 saturated heterocycles. The van der Waals surface area contributed by atoms with Gasteiger partial charge in [-0.15, -0.1) is 0 Å². The molecule has 0 aromatic heterocycles. The van der Waals surface area contributed by atoms with Crippen LogP contribution in [0.15, 0.2) is 24.3 Å². The van der Waals surface area contributed by atoms with Gasteiger partial charge < -0.3 is 5.32 Å². The minimum Gasteiger partial charge on any atom is -0.317 e. The highest BCUT2D eigenvalue weighted by Gasteiger charge is 2.11. The molecule has 1 aromatic rings. The molecule has 0 radical (unpaired) electrons. The van der Waals surface area contributed by atoms with E-state index in [1.165, 1.54) is 12.0 Å². The van der Waals surface area contributed by atoms with Crippen LogP contribution in [-0.2, 0) is 6.42 Å². The zero-order valence-electron chi connectivity index (χ0n) is 11.2. The molecule has 1 atom stereocenters. The molecular formula is C15H24ClN. The first-order valence-electron chi connectivity index (χ1n) is 6.57. The summed E-state index contributed by atoms with van der Waals surface area (Å²) in [5.74, 6) is 1.45. The lowest BCUT2D eigenvalue weighted by molar-refractivity contribution is 0.388. The molecule has 1 unspecified atom stereocenters. The summed E-state index contributed by atoms with van der Waals surface area (Å²) in [5, 5.41) is 4.30. The molecule has 1 rings (SSSR count). The van der Waals surface area contributed by atoms with Gasteiger partial charge in [0, 0.05) is 5.02 Å². The summed E-state index contributed by atoms with van der Waals surface area (Å²) in [6, 6.07) is 8.23. The number of rotatable bonds is 7. The van der Waals surface area contributed by atoms with Crippen LogP contribution in [0.2, 0.25) is 5.02 Å². The van der Waals surface area contributed by atoms with Crippen LogP contribution in [-0.4, -0.2) is 13.1 Å². The lowest BCUT2D eigenvalue weighted by Gasteiger charge is -2.19. The van der Waals surface area contributed by atoms with E-state index in [1.54, 1.807) is 0 Å². The van der Waals surface area contributed by atoms with Crippen molar-refractivity contribution in [2.45, 2.75) is 33.6 Å². The average Bonchev–Trinajstić information content (AvgIpc) is 2.25. The Morgan fingerprint density at radius 3 is 2.65 bits per heavy atom. The fourth-order valence-corrected chi connectivity index (χ4v) is 2.46. The predicted molar refractivity (Wildman–Crippen MR) is 76.6 cm³/mol.